The monoisotopic (exact) mass is 464 g/mol. The average Bonchev–Trinajstić information content (AvgIpc) is 3.63. The number of epoxide rings is 2. The number of hydrogen-bond donors (Lipinski definition) is 0. The van der Waals surface area contributed by atoms with Crippen molar-refractivity contribution in [3.63, 3.8) is 0 Å². The van der Waals surface area contributed by atoms with Gasteiger partial charge < -0.3 is 18.9 Å². The second kappa shape index (κ2) is 9.39. The molecule has 2 aliphatic rings. The van der Waals surface area contributed by atoms with Crippen LogP contribution >= 0.6 is 0 Å². The third-order valence-corrected chi connectivity index (χ3v) is 6.31. The molecule has 34 heavy (non-hydrogen) atoms. The molecule has 4 rings (SSSR count). The summed E-state index contributed by atoms with van der Waals surface area (Å²) in [6.45, 7) is 20.5. The minimum absolute atomic E-state index is 0.0192. The number of rotatable bonds is 8. The second-order valence-electron chi connectivity index (χ2n) is 11.8. The normalized spacial score (nSPS) is 20.0. The van der Waals surface area contributed by atoms with Crippen LogP contribution in [0.5, 0.6) is 11.5 Å². The Hall–Kier alpha value is -2.30. The van der Waals surface area contributed by atoms with E-state index in [1.54, 1.807) is 0 Å². The van der Waals surface area contributed by atoms with E-state index in [0.717, 1.165) is 35.8 Å². The average molecular weight is 465 g/mol. The standard InChI is InChI=1S/C30H40O4/c1-19-11-21(13-25(29(3,4)5)27(19)33-17-23-15-31-23)9-10-22-12-20(2)28(34-18-24-16-32-24)26(14-22)30(6,7)8/h9-14,23-24H,15-18H2,1-8H3. The van der Waals surface area contributed by atoms with Crippen molar-refractivity contribution in [2.45, 2.75) is 78.4 Å². The van der Waals surface area contributed by atoms with E-state index in [2.05, 4.69) is 91.8 Å². The molecule has 4 nitrogen and oxygen atoms in total. The van der Waals surface area contributed by atoms with Crippen molar-refractivity contribution in [2.75, 3.05) is 26.4 Å². The van der Waals surface area contributed by atoms with Crippen molar-refractivity contribution in [3.8, 4) is 11.5 Å². The SMILES string of the molecule is Cc1cc(C=Cc2cc(C)c(OCC3CO3)c(C(C)(C)C)c2)cc(C(C)(C)C)c1OCC1CO1. The summed E-state index contributed by atoms with van der Waals surface area (Å²) < 4.78 is 23.1. The van der Waals surface area contributed by atoms with Gasteiger partial charge in [0, 0.05) is 11.1 Å². The molecule has 0 saturated carbocycles. The van der Waals surface area contributed by atoms with Crippen molar-refractivity contribution < 1.29 is 18.9 Å². The molecule has 2 atom stereocenters. The predicted octanol–water partition coefficient (Wildman–Crippen LogP) is 6.62. The van der Waals surface area contributed by atoms with Crippen LogP contribution in [0.3, 0.4) is 0 Å². The number of benzene rings is 2. The van der Waals surface area contributed by atoms with E-state index in [1.165, 1.54) is 22.3 Å². The van der Waals surface area contributed by atoms with Gasteiger partial charge in [-0.05, 0) is 71.2 Å². The van der Waals surface area contributed by atoms with Crippen molar-refractivity contribution in [2.24, 2.45) is 0 Å². The van der Waals surface area contributed by atoms with E-state index < -0.39 is 0 Å². The highest BCUT2D eigenvalue weighted by Gasteiger charge is 2.28. The second-order valence-corrected chi connectivity index (χ2v) is 11.8. The van der Waals surface area contributed by atoms with E-state index in [1.807, 2.05) is 0 Å². The summed E-state index contributed by atoms with van der Waals surface area (Å²) in [5, 5.41) is 0. The Morgan fingerprint density at radius 2 is 1.06 bits per heavy atom. The number of aryl methyl sites for hydroxylation is 2. The summed E-state index contributed by atoms with van der Waals surface area (Å²) in [7, 11) is 0. The van der Waals surface area contributed by atoms with E-state index in [0.29, 0.717) is 13.2 Å². The Kier molecular flexibility index (Phi) is 6.85. The summed E-state index contributed by atoms with van der Waals surface area (Å²) in [6, 6.07) is 8.94. The third-order valence-electron chi connectivity index (χ3n) is 6.31. The van der Waals surface area contributed by atoms with Gasteiger partial charge in [-0.2, -0.15) is 0 Å². The highest BCUT2D eigenvalue weighted by atomic mass is 16.6. The van der Waals surface area contributed by atoms with Gasteiger partial charge in [-0.15, -0.1) is 0 Å². The molecule has 0 N–H and O–H groups in total. The number of ether oxygens (including phenoxy) is 4. The van der Waals surface area contributed by atoms with Crippen molar-refractivity contribution in [1.29, 1.82) is 0 Å². The Balaban J connectivity index is 1.63. The fourth-order valence-electron chi connectivity index (χ4n) is 4.17. The fourth-order valence-corrected chi connectivity index (χ4v) is 4.17. The number of hydrogen-bond acceptors (Lipinski definition) is 4. The summed E-state index contributed by atoms with van der Waals surface area (Å²) >= 11 is 0. The molecule has 2 fully saturated rings. The lowest BCUT2D eigenvalue weighted by atomic mass is 9.83. The first-order chi connectivity index (χ1) is 15.9. The first-order valence-corrected chi connectivity index (χ1v) is 12.4. The molecule has 0 aliphatic carbocycles. The van der Waals surface area contributed by atoms with Crippen LogP contribution in [0.1, 0.15) is 74.9 Å². The first-order valence-electron chi connectivity index (χ1n) is 12.4. The Morgan fingerprint density at radius 1 is 0.706 bits per heavy atom. The molecular formula is C30H40O4. The van der Waals surface area contributed by atoms with Gasteiger partial charge in [0.2, 0.25) is 0 Å². The molecule has 0 aromatic heterocycles. The molecule has 2 saturated heterocycles. The van der Waals surface area contributed by atoms with Crippen molar-refractivity contribution >= 4 is 12.2 Å². The van der Waals surface area contributed by atoms with Crippen LogP contribution in [0.15, 0.2) is 24.3 Å². The van der Waals surface area contributed by atoms with Gasteiger partial charge in [-0.1, -0.05) is 53.7 Å². The first kappa shape index (κ1) is 24.8. The lowest BCUT2D eigenvalue weighted by molar-refractivity contribution is 0.257. The Bertz CT molecular complexity index is 975. The molecular weight excluding hydrogens is 424 g/mol. The van der Waals surface area contributed by atoms with E-state index in [4.69, 9.17) is 18.9 Å². The Morgan fingerprint density at radius 3 is 1.35 bits per heavy atom. The lowest BCUT2D eigenvalue weighted by Crippen LogP contribution is -2.16. The molecule has 2 aromatic carbocycles. The minimum Gasteiger partial charge on any atom is -0.490 e. The van der Waals surface area contributed by atoms with Crippen LogP contribution < -0.4 is 9.47 Å². The third kappa shape index (κ3) is 6.22. The van der Waals surface area contributed by atoms with Crippen LogP contribution in [-0.4, -0.2) is 38.6 Å². The summed E-state index contributed by atoms with van der Waals surface area (Å²) in [5.74, 6) is 1.99. The van der Waals surface area contributed by atoms with Gasteiger partial charge in [0.15, 0.2) is 0 Å². The Labute approximate surface area is 205 Å². The molecule has 0 radical (unpaired) electrons. The molecule has 4 heteroatoms. The van der Waals surface area contributed by atoms with Crippen LogP contribution in [0.25, 0.3) is 12.2 Å². The topological polar surface area (TPSA) is 43.5 Å². The molecule has 184 valence electrons. The lowest BCUT2D eigenvalue weighted by Gasteiger charge is -2.25. The van der Waals surface area contributed by atoms with E-state index in [-0.39, 0.29) is 23.0 Å². The molecule has 2 unspecified atom stereocenters. The summed E-state index contributed by atoms with van der Waals surface area (Å²) in [6.07, 6.45) is 4.90. The summed E-state index contributed by atoms with van der Waals surface area (Å²) in [5.41, 5.74) is 7.09. The smallest absolute Gasteiger partial charge is 0.126 e. The maximum absolute atomic E-state index is 6.19. The molecule has 2 heterocycles. The van der Waals surface area contributed by atoms with Gasteiger partial charge in [0.1, 0.15) is 36.9 Å². The highest BCUT2D eigenvalue weighted by molar-refractivity contribution is 5.73. The van der Waals surface area contributed by atoms with E-state index in [9.17, 15) is 0 Å². The van der Waals surface area contributed by atoms with Crippen LogP contribution in [0.2, 0.25) is 0 Å². The van der Waals surface area contributed by atoms with Crippen LogP contribution in [0, 0.1) is 13.8 Å². The fraction of sp³-hybridized carbons (Fsp3) is 0.533. The van der Waals surface area contributed by atoms with E-state index >= 15 is 0 Å². The molecule has 2 aliphatic heterocycles. The summed E-state index contributed by atoms with van der Waals surface area (Å²) in [4.78, 5) is 0. The van der Waals surface area contributed by atoms with Gasteiger partial charge in [0.25, 0.3) is 0 Å². The van der Waals surface area contributed by atoms with Gasteiger partial charge in [-0.25, -0.2) is 0 Å². The zero-order valence-corrected chi connectivity index (χ0v) is 22.1. The quantitative estimate of drug-likeness (QED) is 0.325. The molecule has 0 amide bonds. The van der Waals surface area contributed by atoms with Crippen LogP contribution in [0.4, 0.5) is 0 Å². The maximum atomic E-state index is 6.19. The maximum Gasteiger partial charge on any atom is 0.126 e. The predicted molar refractivity (Wildman–Crippen MR) is 139 cm³/mol. The molecule has 0 bridgehead atoms. The van der Waals surface area contributed by atoms with Gasteiger partial charge in [0.05, 0.1) is 13.2 Å². The van der Waals surface area contributed by atoms with Crippen molar-refractivity contribution in [1.82, 2.24) is 0 Å². The highest BCUT2D eigenvalue weighted by Crippen LogP contribution is 2.38. The van der Waals surface area contributed by atoms with Crippen LogP contribution in [-0.2, 0) is 20.3 Å². The zero-order valence-electron chi connectivity index (χ0n) is 22.1. The minimum atomic E-state index is -0.0192. The van der Waals surface area contributed by atoms with Gasteiger partial charge >= 0.3 is 0 Å². The van der Waals surface area contributed by atoms with Gasteiger partial charge in [-0.3, -0.25) is 0 Å². The zero-order chi connectivity index (χ0) is 24.7. The molecule has 2 aromatic rings. The largest absolute Gasteiger partial charge is 0.490 e. The molecule has 0 spiro atoms. The van der Waals surface area contributed by atoms with Crippen molar-refractivity contribution in [3.05, 3.63) is 57.6 Å².